The Labute approximate surface area is 143 Å². The van der Waals surface area contributed by atoms with E-state index in [1.807, 2.05) is 48.5 Å². The van der Waals surface area contributed by atoms with Gasteiger partial charge in [0.25, 0.3) is 5.91 Å². The second-order valence-electron chi connectivity index (χ2n) is 4.63. The van der Waals surface area contributed by atoms with Gasteiger partial charge in [0.1, 0.15) is 5.75 Å². The Morgan fingerprint density at radius 2 is 1.91 bits per heavy atom. The van der Waals surface area contributed by atoms with Crippen LogP contribution in [0.15, 0.2) is 57.9 Å². The first-order valence-electron chi connectivity index (χ1n) is 7.05. The van der Waals surface area contributed by atoms with Crippen molar-refractivity contribution >= 4 is 39.3 Å². The number of carbonyl (C=O) groups excluding carboxylic acids is 1. The van der Waals surface area contributed by atoms with Gasteiger partial charge in [-0.1, -0.05) is 35.0 Å². The highest BCUT2D eigenvalue weighted by Gasteiger charge is 2.16. The molecule has 0 spiro atoms. The van der Waals surface area contributed by atoms with E-state index in [0.29, 0.717) is 5.75 Å². The van der Waals surface area contributed by atoms with Crippen molar-refractivity contribution in [1.82, 2.24) is 0 Å². The quantitative estimate of drug-likeness (QED) is 0.720. The molecular formula is C17H18BrNO2S. The van der Waals surface area contributed by atoms with Crippen LogP contribution in [-0.4, -0.2) is 17.8 Å². The predicted molar refractivity (Wildman–Crippen MR) is 95.7 cm³/mol. The standard InChI is InChI=1S/C17H18BrNO2S/c1-3-22-16-7-5-4-6-15(16)19-17(20)12(2)21-14-10-8-13(18)9-11-14/h4-12H,3H2,1-2H3,(H,19,20)/t12-/m0/s1. The first-order valence-corrected chi connectivity index (χ1v) is 8.83. The Morgan fingerprint density at radius 1 is 1.23 bits per heavy atom. The third-order valence-corrected chi connectivity index (χ3v) is 4.42. The van der Waals surface area contributed by atoms with Crippen LogP contribution in [0.25, 0.3) is 0 Å². The second kappa shape index (κ2) is 8.25. The van der Waals surface area contributed by atoms with Gasteiger partial charge in [-0.3, -0.25) is 4.79 Å². The summed E-state index contributed by atoms with van der Waals surface area (Å²) in [6.07, 6.45) is -0.569. The van der Waals surface area contributed by atoms with Crippen LogP contribution in [0.2, 0.25) is 0 Å². The van der Waals surface area contributed by atoms with Crippen LogP contribution in [0.3, 0.4) is 0 Å². The molecular weight excluding hydrogens is 362 g/mol. The molecule has 1 N–H and O–H groups in total. The smallest absolute Gasteiger partial charge is 0.265 e. The average Bonchev–Trinajstić information content (AvgIpc) is 2.51. The van der Waals surface area contributed by atoms with Crippen molar-refractivity contribution in [2.24, 2.45) is 0 Å². The van der Waals surface area contributed by atoms with E-state index in [4.69, 9.17) is 4.74 Å². The van der Waals surface area contributed by atoms with Gasteiger partial charge in [0.15, 0.2) is 6.10 Å². The van der Waals surface area contributed by atoms with Crippen molar-refractivity contribution in [3.63, 3.8) is 0 Å². The molecule has 3 nitrogen and oxygen atoms in total. The van der Waals surface area contributed by atoms with Crippen LogP contribution in [-0.2, 0) is 4.79 Å². The van der Waals surface area contributed by atoms with Gasteiger partial charge in [0, 0.05) is 9.37 Å². The van der Waals surface area contributed by atoms with Crippen molar-refractivity contribution in [1.29, 1.82) is 0 Å². The third-order valence-electron chi connectivity index (χ3n) is 2.94. The number of amides is 1. The lowest BCUT2D eigenvalue weighted by atomic mass is 10.3. The van der Waals surface area contributed by atoms with Crippen molar-refractivity contribution in [3.05, 3.63) is 53.0 Å². The van der Waals surface area contributed by atoms with E-state index in [0.717, 1.165) is 20.8 Å². The Hall–Kier alpha value is -1.46. The van der Waals surface area contributed by atoms with Crippen LogP contribution >= 0.6 is 27.7 Å². The third kappa shape index (κ3) is 4.78. The summed E-state index contributed by atoms with van der Waals surface area (Å²) < 4.78 is 6.64. The summed E-state index contributed by atoms with van der Waals surface area (Å²) in [6, 6.07) is 15.2. The Balaban J connectivity index is 2.01. The molecule has 0 saturated carbocycles. The van der Waals surface area contributed by atoms with Crippen LogP contribution in [0.1, 0.15) is 13.8 Å². The number of hydrogen-bond acceptors (Lipinski definition) is 3. The van der Waals surface area contributed by atoms with Crippen molar-refractivity contribution in [2.75, 3.05) is 11.1 Å². The molecule has 0 aliphatic rings. The van der Waals surface area contributed by atoms with Gasteiger partial charge in [0.05, 0.1) is 5.69 Å². The lowest BCUT2D eigenvalue weighted by molar-refractivity contribution is -0.122. The molecule has 2 aromatic rings. The minimum atomic E-state index is -0.569. The van der Waals surface area contributed by atoms with Gasteiger partial charge in [-0.2, -0.15) is 0 Å². The first kappa shape index (κ1) is 16.9. The number of thioether (sulfide) groups is 1. The zero-order valence-corrected chi connectivity index (χ0v) is 14.9. The summed E-state index contributed by atoms with van der Waals surface area (Å²) >= 11 is 5.07. The topological polar surface area (TPSA) is 38.3 Å². The van der Waals surface area contributed by atoms with Gasteiger partial charge in [-0.15, -0.1) is 11.8 Å². The fourth-order valence-corrected chi connectivity index (χ4v) is 2.88. The molecule has 0 bridgehead atoms. The molecule has 0 radical (unpaired) electrons. The maximum atomic E-state index is 12.3. The Kier molecular flexibility index (Phi) is 6.34. The number of ether oxygens (including phenoxy) is 1. The fraction of sp³-hybridized carbons (Fsp3) is 0.235. The molecule has 0 fully saturated rings. The molecule has 0 aliphatic carbocycles. The van der Waals surface area contributed by atoms with E-state index in [9.17, 15) is 4.79 Å². The largest absolute Gasteiger partial charge is 0.481 e. The van der Waals surface area contributed by atoms with Gasteiger partial charge in [-0.05, 0) is 49.1 Å². The first-order chi connectivity index (χ1) is 10.6. The van der Waals surface area contributed by atoms with Crippen molar-refractivity contribution in [2.45, 2.75) is 24.8 Å². The second-order valence-corrected chi connectivity index (χ2v) is 6.85. The monoisotopic (exact) mass is 379 g/mol. The number of nitrogens with one attached hydrogen (secondary N) is 1. The minimum absolute atomic E-state index is 0.160. The molecule has 0 saturated heterocycles. The normalized spacial score (nSPS) is 11.8. The Bertz CT molecular complexity index is 631. The summed E-state index contributed by atoms with van der Waals surface area (Å²) in [5.74, 6) is 1.46. The molecule has 0 unspecified atom stereocenters. The molecule has 0 aromatic heterocycles. The summed E-state index contributed by atoms with van der Waals surface area (Å²) in [6.45, 7) is 3.83. The van der Waals surface area contributed by atoms with Crippen molar-refractivity contribution < 1.29 is 9.53 Å². The van der Waals surface area contributed by atoms with Gasteiger partial charge in [0.2, 0.25) is 0 Å². The maximum absolute atomic E-state index is 12.3. The summed E-state index contributed by atoms with van der Waals surface area (Å²) in [4.78, 5) is 13.3. The van der Waals surface area contributed by atoms with Crippen LogP contribution in [0.5, 0.6) is 5.75 Å². The molecule has 2 rings (SSSR count). The molecule has 1 amide bonds. The van der Waals surface area contributed by atoms with E-state index in [1.54, 1.807) is 18.7 Å². The van der Waals surface area contributed by atoms with Crippen LogP contribution in [0, 0.1) is 0 Å². The van der Waals surface area contributed by atoms with Gasteiger partial charge in [-0.25, -0.2) is 0 Å². The number of para-hydroxylation sites is 1. The number of rotatable bonds is 6. The zero-order valence-electron chi connectivity index (χ0n) is 12.5. The molecule has 2 aromatic carbocycles. The van der Waals surface area contributed by atoms with E-state index in [-0.39, 0.29) is 5.91 Å². The summed E-state index contributed by atoms with van der Waals surface area (Å²) in [5.41, 5.74) is 0.825. The number of hydrogen-bond donors (Lipinski definition) is 1. The SMILES string of the molecule is CCSc1ccccc1NC(=O)[C@H](C)Oc1ccc(Br)cc1. The van der Waals surface area contributed by atoms with Crippen LogP contribution < -0.4 is 10.1 Å². The molecule has 0 heterocycles. The number of anilines is 1. The minimum Gasteiger partial charge on any atom is -0.481 e. The molecule has 0 aliphatic heterocycles. The number of benzene rings is 2. The highest BCUT2D eigenvalue weighted by atomic mass is 79.9. The highest BCUT2D eigenvalue weighted by Crippen LogP contribution is 2.27. The molecule has 116 valence electrons. The van der Waals surface area contributed by atoms with Crippen molar-refractivity contribution in [3.8, 4) is 5.75 Å². The van der Waals surface area contributed by atoms with Crippen LogP contribution in [0.4, 0.5) is 5.69 Å². The lowest BCUT2D eigenvalue weighted by Crippen LogP contribution is -2.30. The van der Waals surface area contributed by atoms with Gasteiger partial charge >= 0.3 is 0 Å². The summed E-state index contributed by atoms with van der Waals surface area (Å²) in [5, 5.41) is 2.93. The average molecular weight is 380 g/mol. The molecule has 22 heavy (non-hydrogen) atoms. The number of carbonyl (C=O) groups is 1. The van der Waals surface area contributed by atoms with E-state index >= 15 is 0 Å². The highest BCUT2D eigenvalue weighted by molar-refractivity contribution is 9.10. The fourth-order valence-electron chi connectivity index (χ4n) is 1.86. The number of halogens is 1. The lowest BCUT2D eigenvalue weighted by Gasteiger charge is -2.16. The molecule has 1 atom stereocenters. The summed E-state index contributed by atoms with van der Waals surface area (Å²) in [7, 11) is 0. The Morgan fingerprint density at radius 3 is 2.59 bits per heavy atom. The molecule has 5 heteroatoms. The van der Waals surface area contributed by atoms with E-state index in [2.05, 4.69) is 28.2 Å². The predicted octanol–water partition coefficient (Wildman–Crippen LogP) is 4.97. The van der Waals surface area contributed by atoms with E-state index in [1.165, 1.54) is 0 Å². The maximum Gasteiger partial charge on any atom is 0.265 e. The van der Waals surface area contributed by atoms with E-state index < -0.39 is 6.10 Å². The van der Waals surface area contributed by atoms with Gasteiger partial charge < -0.3 is 10.1 Å². The zero-order chi connectivity index (χ0) is 15.9.